The van der Waals surface area contributed by atoms with E-state index in [4.69, 9.17) is 0 Å². The van der Waals surface area contributed by atoms with Gasteiger partial charge in [-0.25, -0.2) is 0 Å². The Labute approximate surface area is 129 Å². The topological polar surface area (TPSA) is 0 Å². The van der Waals surface area contributed by atoms with Crippen LogP contribution in [0, 0.1) is 5.92 Å². The van der Waals surface area contributed by atoms with E-state index in [0.29, 0.717) is 11.2 Å². The van der Waals surface area contributed by atoms with E-state index in [1.807, 2.05) is 11.8 Å². The predicted octanol–water partition coefficient (Wildman–Crippen LogP) is 5.63. The molecular weight excluding hydrogens is 272 g/mol. The maximum Gasteiger partial charge on any atom is 0.0448 e. The van der Waals surface area contributed by atoms with Crippen molar-refractivity contribution in [3.8, 4) is 0 Å². The molecule has 0 nitrogen and oxygen atoms in total. The molecule has 0 saturated heterocycles. The first kappa shape index (κ1) is 12.7. The Kier molecular flexibility index (Phi) is 3.28. The number of hydrogen-bond acceptors (Lipinski definition) is 1. The molecule has 0 saturated carbocycles. The highest BCUT2D eigenvalue weighted by atomic mass is 32.2. The highest BCUT2D eigenvalue weighted by Crippen LogP contribution is 2.56. The first-order valence-corrected chi connectivity index (χ1v) is 8.17. The minimum atomic E-state index is 0.484. The second kappa shape index (κ2) is 5.42. The fourth-order valence-corrected chi connectivity index (χ4v) is 4.60. The van der Waals surface area contributed by atoms with Gasteiger partial charge in [0.1, 0.15) is 0 Å². The van der Waals surface area contributed by atoms with E-state index in [-0.39, 0.29) is 0 Å². The molecule has 1 heteroatoms. The largest absolute Gasteiger partial charge is 0.116 e. The zero-order valence-electron chi connectivity index (χ0n) is 11.6. The summed E-state index contributed by atoms with van der Waals surface area (Å²) in [6, 6.07) is 21.6. The Balaban J connectivity index is 1.78. The molecule has 0 fully saturated rings. The summed E-state index contributed by atoms with van der Waals surface area (Å²) in [6.45, 7) is 0. The fraction of sp³-hybridized carbons (Fsp3) is 0.100. The molecule has 2 aromatic carbocycles. The van der Waals surface area contributed by atoms with Gasteiger partial charge < -0.3 is 0 Å². The van der Waals surface area contributed by atoms with Gasteiger partial charge in [0.25, 0.3) is 0 Å². The minimum absolute atomic E-state index is 0.484. The second-order valence-electron chi connectivity index (χ2n) is 5.37. The smallest absolute Gasteiger partial charge is 0.0448 e. The monoisotopic (exact) mass is 288 g/mol. The van der Waals surface area contributed by atoms with Crippen LogP contribution in [0.2, 0.25) is 0 Å². The number of allylic oxidation sites excluding steroid dienone is 5. The second-order valence-corrected chi connectivity index (χ2v) is 6.52. The predicted molar refractivity (Wildman–Crippen MR) is 91.9 cm³/mol. The van der Waals surface area contributed by atoms with E-state index in [1.54, 1.807) is 0 Å². The van der Waals surface area contributed by atoms with Gasteiger partial charge in [-0.3, -0.25) is 0 Å². The van der Waals surface area contributed by atoms with Crippen molar-refractivity contribution >= 4 is 16.7 Å². The maximum atomic E-state index is 2.34. The maximum absolute atomic E-state index is 2.34. The zero-order valence-corrected chi connectivity index (χ0v) is 12.5. The van der Waals surface area contributed by atoms with Crippen LogP contribution in [0.25, 0.3) is 4.91 Å². The Morgan fingerprint density at radius 3 is 2.24 bits per heavy atom. The molecule has 0 bridgehead atoms. The normalized spacial score (nSPS) is 23.4. The SMILES string of the molecule is C1=CC2=C(c3ccccc3)S[C@@H](c3ccccc3)[C@H]2C=C1. The molecule has 0 radical (unpaired) electrons. The fourth-order valence-electron chi connectivity index (χ4n) is 3.06. The highest BCUT2D eigenvalue weighted by Gasteiger charge is 2.34. The summed E-state index contributed by atoms with van der Waals surface area (Å²) in [4.78, 5) is 1.43. The summed E-state index contributed by atoms with van der Waals surface area (Å²) < 4.78 is 0. The van der Waals surface area contributed by atoms with Gasteiger partial charge in [0, 0.05) is 16.1 Å². The molecule has 0 N–H and O–H groups in total. The van der Waals surface area contributed by atoms with E-state index < -0.39 is 0 Å². The molecule has 2 aromatic rings. The third kappa shape index (κ3) is 2.28. The van der Waals surface area contributed by atoms with Crippen LogP contribution in [0.1, 0.15) is 16.4 Å². The quantitative estimate of drug-likeness (QED) is 0.690. The van der Waals surface area contributed by atoms with E-state index in [2.05, 4.69) is 85.0 Å². The lowest BCUT2D eigenvalue weighted by atomic mass is 9.87. The van der Waals surface area contributed by atoms with Crippen LogP contribution in [0.3, 0.4) is 0 Å². The Morgan fingerprint density at radius 1 is 0.762 bits per heavy atom. The molecule has 0 spiro atoms. The van der Waals surface area contributed by atoms with Gasteiger partial charge in [0.05, 0.1) is 0 Å². The summed E-state index contributed by atoms with van der Waals surface area (Å²) in [5.41, 5.74) is 4.21. The van der Waals surface area contributed by atoms with Crippen molar-refractivity contribution in [2.75, 3.05) is 0 Å². The number of fused-ring (bicyclic) bond motifs is 1. The van der Waals surface area contributed by atoms with Gasteiger partial charge in [-0.05, 0) is 16.7 Å². The summed E-state index contributed by atoms with van der Waals surface area (Å²) in [7, 11) is 0. The molecule has 2 aliphatic rings. The van der Waals surface area contributed by atoms with Crippen molar-refractivity contribution in [1.29, 1.82) is 0 Å². The Bertz CT molecular complexity index is 723. The van der Waals surface area contributed by atoms with Crippen molar-refractivity contribution in [2.45, 2.75) is 5.25 Å². The summed E-state index contributed by atoms with van der Waals surface area (Å²) in [6.07, 6.45) is 8.96. The standard InChI is InChI=1S/C20H16S/c1-3-9-15(10-4-1)19-17-13-7-8-14-18(17)20(21-19)16-11-5-2-6-12-16/h1-14,17,19H/t17-,19-/m0/s1. The van der Waals surface area contributed by atoms with Gasteiger partial charge in [-0.1, -0.05) is 85.0 Å². The van der Waals surface area contributed by atoms with Gasteiger partial charge >= 0.3 is 0 Å². The van der Waals surface area contributed by atoms with Crippen molar-refractivity contribution in [3.05, 3.63) is 102 Å². The molecule has 1 heterocycles. The number of benzene rings is 2. The molecule has 4 rings (SSSR count). The summed E-state index contributed by atoms with van der Waals surface area (Å²) >= 11 is 2.00. The van der Waals surface area contributed by atoms with Gasteiger partial charge in [0.2, 0.25) is 0 Å². The van der Waals surface area contributed by atoms with Crippen LogP contribution in [0.15, 0.2) is 90.5 Å². The molecule has 2 atom stereocenters. The molecule has 21 heavy (non-hydrogen) atoms. The van der Waals surface area contributed by atoms with Crippen molar-refractivity contribution in [3.63, 3.8) is 0 Å². The molecule has 1 aliphatic carbocycles. The lowest BCUT2D eigenvalue weighted by Crippen LogP contribution is -2.06. The molecule has 0 unspecified atom stereocenters. The van der Waals surface area contributed by atoms with E-state index in [1.165, 1.54) is 21.6 Å². The molecule has 1 aliphatic heterocycles. The first-order chi connectivity index (χ1) is 10.4. The van der Waals surface area contributed by atoms with Gasteiger partial charge in [-0.15, -0.1) is 11.8 Å². The Hall–Kier alpha value is -1.99. The molecular formula is C20H16S. The minimum Gasteiger partial charge on any atom is -0.116 e. The third-order valence-corrected chi connectivity index (χ3v) is 5.59. The molecule has 0 amide bonds. The van der Waals surface area contributed by atoms with Crippen LogP contribution >= 0.6 is 11.8 Å². The lowest BCUT2D eigenvalue weighted by Gasteiger charge is -2.19. The number of thioether (sulfide) groups is 1. The van der Waals surface area contributed by atoms with E-state index in [9.17, 15) is 0 Å². The number of rotatable bonds is 2. The average Bonchev–Trinajstić information content (AvgIpc) is 2.96. The molecule has 102 valence electrons. The van der Waals surface area contributed by atoms with Crippen LogP contribution in [-0.4, -0.2) is 0 Å². The average molecular weight is 288 g/mol. The zero-order chi connectivity index (χ0) is 14.1. The van der Waals surface area contributed by atoms with Gasteiger partial charge in [-0.2, -0.15) is 0 Å². The first-order valence-electron chi connectivity index (χ1n) is 7.29. The Morgan fingerprint density at radius 2 is 1.48 bits per heavy atom. The van der Waals surface area contributed by atoms with Gasteiger partial charge in [0.15, 0.2) is 0 Å². The summed E-state index contributed by atoms with van der Waals surface area (Å²) in [5, 5.41) is 0.484. The van der Waals surface area contributed by atoms with Crippen LogP contribution in [0.4, 0.5) is 0 Å². The number of hydrogen-bond donors (Lipinski definition) is 0. The highest BCUT2D eigenvalue weighted by molar-refractivity contribution is 8.08. The van der Waals surface area contributed by atoms with Crippen LogP contribution < -0.4 is 0 Å². The van der Waals surface area contributed by atoms with Crippen molar-refractivity contribution in [2.24, 2.45) is 5.92 Å². The lowest BCUT2D eigenvalue weighted by molar-refractivity contribution is 0.765. The molecule has 0 aromatic heterocycles. The van der Waals surface area contributed by atoms with Crippen molar-refractivity contribution in [1.82, 2.24) is 0 Å². The van der Waals surface area contributed by atoms with Crippen molar-refractivity contribution < 1.29 is 0 Å². The van der Waals surface area contributed by atoms with Crippen LogP contribution in [-0.2, 0) is 0 Å². The summed E-state index contributed by atoms with van der Waals surface area (Å²) in [5.74, 6) is 0.484. The van der Waals surface area contributed by atoms with E-state index >= 15 is 0 Å². The van der Waals surface area contributed by atoms with E-state index in [0.717, 1.165) is 0 Å². The third-order valence-electron chi connectivity index (χ3n) is 4.06. The van der Waals surface area contributed by atoms with Crippen LogP contribution in [0.5, 0.6) is 0 Å².